The van der Waals surface area contributed by atoms with Crippen molar-refractivity contribution >= 4 is 12.0 Å². The van der Waals surface area contributed by atoms with Crippen molar-refractivity contribution in [3.8, 4) is 11.8 Å². The Morgan fingerprint density at radius 1 is 1.06 bits per heavy atom. The van der Waals surface area contributed by atoms with E-state index in [-0.39, 0.29) is 30.1 Å². The maximum atomic E-state index is 12.8. The van der Waals surface area contributed by atoms with E-state index in [1.165, 1.54) is 0 Å². The van der Waals surface area contributed by atoms with Crippen LogP contribution in [0.15, 0.2) is 12.4 Å². The van der Waals surface area contributed by atoms with Crippen LogP contribution in [0.4, 0.5) is 4.79 Å². The minimum absolute atomic E-state index is 0.0215. The van der Waals surface area contributed by atoms with E-state index in [0.29, 0.717) is 24.8 Å². The summed E-state index contributed by atoms with van der Waals surface area (Å²) in [6.45, 7) is 6.58. The first-order valence-corrected chi connectivity index (χ1v) is 11.0. The molecule has 1 aromatic rings. The summed E-state index contributed by atoms with van der Waals surface area (Å²) >= 11 is 0. The monoisotopic (exact) mass is 434 g/mol. The van der Waals surface area contributed by atoms with Gasteiger partial charge in [-0.2, -0.15) is 0 Å². The Morgan fingerprint density at radius 3 is 2.39 bits per heavy atom. The Kier molecular flexibility index (Phi) is 7.56. The van der Waals surface area contributed by atoms with E-state index < -0.39 is 5.60 Å². The van der Waals surface area contributed by atoms with Gasteiger partial charge in [0, 0.05) is 31.5 Å². The van der Waals surface area contributed by atoms with Crippen LogP contribution in [0.1, 0.15) is 59.3 Å². The van der Waals surface area contributed by atoms with E-state index in [1.54, 1.807) is 24.4 Å². The summed E-state index contributed by atoms with van der Waals surface area (Å²) in [5, 5.41) is 3.18. The number of nitrogens with zero attached hydrogens (tertiary/aromatic N) is 3. The molecule has 1 saturated heterocycles. The molecule has 2 amide bonds. The second-order valence-corrected chi connectivity index (χ2v) is 9.24. The van der Waals surface area contributed by atoms with Crippen molar-refractivity contribution in [3.05, 3.63) is 12.4 Å². The highest BCUT2D eigenvalue weighted by molar-refractivity contribution is 5.80. The number of rotatable bonds is 5. The van der Waals surface area contributed by atoms with Crippen molar-refractivity contribution < 1.29 is 23.8 Å². The second kappa shape index (κ2) is 10.2. The van der Waals surface area contributed by atoms with E-state index in [1.807, 2.05) is 20.8 Å². The molecule has 1 unspecified atom stereocenters. The summed E-state index contributed by atoms with van der Waals surface area (Å²) in [6, 6.07) is 0.119. The smallest absolute Gasteiger partial charge is 0.410 e. The summed E-state index contributed by atoms with van der Waals surface area (Å²) in [7, 11) is 1.54. The minimum atomic E-state index is -0.539. The van der Waals surface area contributed by atoms with Crippen molar-refractivity contribution in [2.24, 2.45) is 5.92 Å². The highest BCUT2D eigenvalue weighted by atomic mass is 16.6. The third kappa shape index (κ3) is 6.70. The SMILES string of the molecule is COc1nccnc1OC1CCC(NC(=O)C2CCCN(C(=O)OC(C)(C)C)C2)CC1. The summed E-state index contributed by atoms with van der Waals surface area (Å²) < 4.78 is 16.6. The zero-order chi connectivity index (χ0) is 22.4. The molecule has 1 aliphatic heterocycles. The molecule has 0 aromatic carbocycles. The van der Waals surface area contributed by atoms with Gasteiger partial charge in [0.15, 0.2) is 0 Å². The Balaban J connectivity index is 1.44. The number of methoxy groups -OCH3 is 1. The van der Waals surface area contributed by atoms with Crippen LogP contribution in [0.3, 0.4) is 0 Å². The fourth-order valence-corrected chi connectivity index (χ4v) is 4.02. The van der Waals surface area contributed by atoms with Crippen molar-refractivity contribution in [1.29, 1.82) is 0 Å². The molecule has 9 heteroatoms. The number of hydrogen-bond donors (Lipinski definition) is 1. The summed E-state index contributed by atoms with van der Waals surface area (Å²) in [4.78, 5) is 35.1. The highest BCUT2D eigenvalue weighted by Crippen LogP contribution is 2.27. The van der Waals surface area contributed by atoms with Gasteiger partial charge >= 0.3 is 6.09 Å². The maximum Gasteiger partial charge on any atom is 0.410 e. The first kappa shape index (κ1) is 23.1. The summed E-state index contributed by atoms with van der Waals surface area (Å²) in [6.07, 6.45) is 7.72. The van der Waals surface area contributed by atoms with Crippen LogP contribution in [0, 0.1) is 5.92 Å². The number of carbonyl (C=O) groups excluding carboxylic acids is 2. The van der Waals surface area contributed by atoms with Crippen LogP contribution in [0.25, 0.3) is 0 Å². The van der Waals surface area contributed by atoms with Gasteiger partial charge in [-0.05, 0) is 59.3 Å². The van der Waals surface area contributed by atoms with Crippen molar-refractivity contribution in [1.82, 2.24) is 20.2 Å². The van der Waals surface area contributed by atoms with Crippen LogP contribution in [-0.2, 0) is 9.53 Å². The zero-order valence-electron chi connectivity index (χ0n) is 18.9. The van der Waals surface area contributed by atoms with E-state index in [0.717, 1.165) is 38.5 Å². The number of ether oxygens (including phenoxy) is 3. The molecule has 3 rings (SSSR count). The second-order valence-electron chi connectivity index (χ2n) is 9.24. The number of aromatic nitrogens is 2. The number of likely N-dealkylation sites (tertiary alicyclic amines) is 1. The molecule has 0 radical (unpaired) electrons. The van der Waals surface area contributed by atoms with Crippen molar-refractivity contribution in [2.45, 2.75) is 77.0 Å². The van der Waals surface area contributed by atoms with E-state index in [9.17, 15) is 9.59 Å². The molecule has 2 aliphatic rings. The van der Waals surface area contributed by atoms with Gasteiger partial charge in [0.2, 0.25) is 5.91 Å². The van der Waals surface area contributed by atoms with Gasteiger partial charge in [-0.1, -0.05) is 0 Å². The quantitative estimate of drug-likeness (QED) is 0.760. The Hall–Kier alpha value is -2.58. The van der Waals surface area contributed by atoms with Gasteiger partial charge in [0.25, 0.3) is 11.8 Å². The lowest BCUT2D eigenvalue weighted by atomic mass is 9.91. The lowest BCUT2D eigenvalue weighted by molar-refractivity contribution is -0.127. The molecule has 1 aliphatic carbocycles. The molecular formula is C22H34N4O5. The highest BCUT2D eigenvalue weighted by Gasteiger charge is 2.33. The van der Waals surface area contributed by atoms with E-state index >= 15 is 0 Å². The molecule has 172 valence electrons. The van der Waals surface area contributed by atoms with Gasteiger partial charge in [0.05, 0.1) is 13.0 Å². The van der Waals surface area contributed by atoms with Crippen LogP contribution in [-0.4, -0.2) is 64.8 Å². The maximum absolute atomic E-state index is 12.8. The molecular weight excluding hydrogens is 400 g/mol. The first-order valence-electron chi connectivity index (χ1n) is 11.0. The number of piperidine rings is 1. The summed E-state index contributed by atoms with van der Waals surface area (Å²) in [5.74, 6) is 0.610. The van der Waals surface area contributed by atoms with Gasteiger partial charge < -0.3 is 24.4 Å². The van der Waals surface area contributed by atoms with Crippen molar-refractivity contribution in [3.63, 3.8) is 0 Å². The summed E-state index contributed by atoms with van der Waals surface area (Å²) in [5.41, 5.74) is -0.539. The van der Waals surface area contributed by atoms with Gasteiger partial charge in [0.1, 0.15) is 11.7 Å². The Bertz CT molecular complexity index is 759. The largest absolute Gasteiger partial charge is 0.477 e. The normalized spacial score (nSPS) is 24.3. The lowest BCUT2D eigenvalue weighted by Gasteiger charge is -2.35. The molecule has 1 atom stereocenters. The average molecular weight is 435 g/mol. The lowest BCUT2D eigenvalue weighted by Crippen LogP contribution is -2.49. The minimum Gasteiger partial charge on any atom is -0.477 e. The number of amides is 2. The first-order chi connectivity index (χ1) is 14.7. The Labute approximate surface area is 183 Å². The third-order valence-electron chi connectivity index (χ3n) is 5.57. The fourth-order valence-electron chi connectivity index (χ4n) is 4.02. The van der Waals surface area contributed by atoms with Crippen molar-refractivity contribution in [2.75, 3.05) is 20.2 Å². The van der Waals surface area contributed by atoms with Crippen LogP contribution in [0.5, 0.6) is 11.8 Å². The van der Waals surface area contributed by atoms with Crippen LogP contribution in [0.2, 0.25) is 0 Å². The fraction of sp³-hybridized carbons (Fsp3) is 0.727. The molecule has 31 heavy (non-hydrogen) atoms. The van der Waals surface area contributed by atoms with Gasteiger partial charge in [-0.3, -0.25) is 4.79 Å². The van der Waals surface area contributed by atoms with Gasteiger partial charge in [-0.25, -0.2) is 14.8 Å². The number of hydrogen-bond acceptors (Lipinski definition) is 7. The molecule has 1 saturated carbocycles. The van der Waals surface area contributed by atoms with Crippen LogP contribution < -0.4 is 14.8 Å². The number of nitrogens with one attached hydrogen (secondary N) is 1. The predicted octanol–water partition coefficient (Wildman–Crippen LogP) is 2.94. The average Bonchev–Trinajstić information content (AvgIpc) is 2.74. The van der Waals surface area contributed by atoms with Gasteiger partial charge in [-0.15, -0.1) is 0 Å². The van der Waals surface area contributed by atoms with E-state index in [2.05, 4.69) is 15.3 Å². The standard InChI is InChI=1S/C22H34N4O5/c1-22(2,3)31-21(28)26-13-5-6-15(14-26)18(27)25-16-7-9-17(10-8-16)30-20-19(29-4)23-11-12-24-20/h11-12,15-17H,5-10,13-14H2,1-4H3,(H,25,27). The molecule has 1 N–H and O–H groups in total. The molecule has 1 aromatic heterocycles. The molecule has 0 spiro atoms. The molecule has 2 heterocycles. The zero-order valence-corrected chi connectivity index (χ0v) is 18.9. The Morgan fingerprint density at radius 2 is 1.74 bits per heavy atom. The molecule has 0 bridgehead atoms. The molecule has 9 nitrogen and oxygen atoms in total. The third-order valence-corrected chi connectivity index (χ3v) is 5.57. The predicted molar refractivity (Wildman–Crippen MR) is 114 cm³/mol. The number of carbonyl (C=O) groups is 2. The topological polar surface area (TPSA) is 103 Å². The van der Waals surface area contributed by atoms with Crippen LogP contribution >= 0.6 is 0 Å². The van der Waals surface area contributed by atoms with E-state index in [4.69, 9.17) is 14.2 Å². The molecule has 2 fully saturated rings.